The fourth-order valence-corrected chi connectivity index (χ4v) is 2.92. The number of hydrogen-bond donors (Lipinski definition) is 2. The first-order valence-corrected chi connectivity index (χ1v) is 8.70. The molecule has 0 spiro atoms. The molecule has 1 saturated heterocycles. The van der Waals surface area contributed by atoms with Gasteiger partial charge in [0.25, 0.3) is 0 Å². The molecule has 132 valence electrons. The molecule has 5 heteroatoms. The quantitative estimate of drug-likeness (QED) is 0.880. The van der Waals surface area contributed by atoms with Crippen molar-refractivity contribution in [2.24, 2.45) is 0 Å². The standard InChI is InChI=1S/C20H25N3O2/c1-16-7-9-18(10-8-16)21-20(24)22-19(17-5-3-2-4-6-17)15-23-11-13-25-14-12-23/h2-10,19H,11-15H2,1H3,(H2,21,22,24)/t19-/m1/s1. The summed E-state index contributed by atoms with van der Waals surface area (Å²) in [5.74, 6) is 0. The number of anilines is 1. The van der Waals surface area contributed by atoms with Gasteiger partial charge in [-0.2, -0.15) is 0 Å². The lowest BCUT2D eigenvalue weighted by molar-refractivity contribution is 0.0340. The largest absolute Gasteiger partial charge is 0.379 e. The number of benzene rings is 2. The van der Waals surface area contributed by atoms with Gasteiger partial charge in [0.1, 0.15) is 0 Å². The van der Waals surface area contributed by atoms with Crippen LogP contribution in [0.5, 0.6) is 0 Å². The minimum atomic E-state index is -0.189. The molecule has 1 aliphatic rings. The van der Waals surface area contributed by atoms with E-state index in [1.165, 1.54) is 5.56 Å². The topological polar surface area (TPSA) is 53.6 Å². The van der Waals surface area contributed by atoms with E-state index in [0.29, 0.717) is 0 Å². The van der Waals surface area contributed by atoms with E-state index in [1.54, 1.807) is 0 Å². The van der Waals surface area contributed by atoms with Gasteiger partial charge in [0.2, 0.25) is 0 Å². The number of ether oxygens (including phenoxy) is 1. The summed E-state index contributed by atoms with van der Waals surface area (Å²) in [6.07, 6.45) is 0. The van der Waals surface area contributed by atoms with Crippen molar-refractivity contribution < 1.29 is 9.53 Å². The molecule has 2 aromatic rings. The maximum atomic E-state index is 12.5. The Bertz CT molecular complexity index is 667. The van der Waals surface area contributed by atoms with Crippen molar-refractivity contribution in [2.45, 2.75) is 13.0 Å². The Morgan fingerprint density at radius 3 is 2.44 bits per heavy atom. The van der Waals surface area contributed by atoms with Gasteiger partial charge in [-0.1, -0.05) is 48.0 Å². The normalized spacial score (nSPS) is 16.2. The molecule has 0 radical (unpaired) electrons. The van der Waals surface area contributed by atoms with E-state index in [4.69, 9.17) is 4.74 Å². The number of carbonyl (C=O) groups excluding carboxylic acids is 1. The van der Waals surface area contributed by atoms with Gasteiger partial charge in [-0.3, -0.25) is 4.90 Å². The Balaban J connectivity index is 1.65. The van der Waals surface area contributed by atoms with Gasteiger partial charge in [-0.05, 0) is 24.6 Å². The number of nitrogens with one attached hydrogen (secondary N) is 2. The number of urea groups is 1. The third-order valence-electron chi connectivity index (χ3n) is 4.36. The number of nitrogens with zero attached hydrogens (tertiary/aromatic N) is 1. The Morgan fingerprint density at radius 2 is 1.76 bits per heavy atom. The van der Waals surface area contributed by atoms with Crippen molar-refractivity contribution in [3.8, 4) is 0 Å². The maximum Gasteiger partial charge on any atom is 0.319 e. The van der Waals surface area contributed by atoms with Crippen LogP contribution in [0.4, 0.5) is 10.5 Å². The highest BCUT2D eigenvalue weighted by Crippen LogP contribution is 2.16. The van der Waals surface area contributed by atoms with Crippen LogP contribution in [0.3, 0.4) is 0 Å². The summed E-state index contributed by atoms with van der Waals surface area (Å²) in [5.41, 5.74) is 3.06. The third kappa shape index (κ3) is 5.31. The van der Waals surface area contributed by atoms with Gasteiger partial charge in [0, 0.05) is 25.3 Å². The predicted octanol–water partition coefficient (Wildman–Crippen LogP) is 3.19. The number of hydrogen-bond acceptors (Lipinski definition) is 3. The summed E-state index contributed by atoms with van der Waals surface area (Å²) in [6, 6.07) is 17.6. The van der Waals surface area contributed by atoms with E-state index in [9.17, 15) is 4.79 Å². The molecule has 2 amide bonds. The highest BCUT2D eigenvalue weighted by molar-refractivity contribution is 5.89. The van der Waals surface area contributed by atoms with Crippen LogP contribution in [0, 0.1) is 6.92 Å². The fraction of sp³-hybridized carbons (Fsp3) is 0.350. The number of rotatable bonds is 5. The van der Waals surface area contributed by atoms with Crippen LogP contribution in [-0.2, 0) is 4.74 Å². The number of morpholine rings is 1. The molecular weight excluding hydrogens is 314 g/mol. The molecule has 0 bridgehead atoms. The average Bonchev–Trinajstić information content (AvgIpc) is 2.65. The minimum absolute atomic E-state index is 0.0650. The first kappa shape index (κ1) is 17.5. The summed E-state index contributed by atoms with van der Waals surface area (Å²) in [7, 11) is 0. The van der Waals surface area contributed by atoms with Gasteiger partial charge in [0.05, 0.1) is 19.3 Å². The first-order valence-electron chi connectivity index (χ1n) is 8.70. The van der Waals surface area contributed by atoms with Crippen molar-refractivity contribution in [2.75, 3.05) is 38.2 Å². The SMILES string of the molecule is Cc1ccc(NC(=O)N[C@H](CN2CCOCC2)c2ccccc2)cc1. The van der Waals surface area contributed by atoms with Crippen molar-refractivity contribution in [3.05, 3.63) is 65.7 Å². The summed E-state index contributed by atoms with van der Waals surface area (Å²) in [6.45, 7) is 6.08. The van der Waals surface area contributed by atoms with Crippen molar-refractivity contribution in [1.29, 1.82) is 0 Å². The molecule has 0 aliphatic carbocycles. The van der Waals surface area contributed by atoms with Crippen molar-refractivity contribution in [3.63, 3.8) is 0 Å². The summed E-state index contributed by atoms with van der Waals surface area (Å²) < 4.78 is 5.42. The molecule has 3 rings (SSSR count). The van der Waals surface area contributed by atoms with Gasteiger partial charge >= 0.3 is 6.03 Å². The third-order valence-corrected chi connectivity index (χ3v) is 4.36. The Labute approximate surface area is 149 Å². The van der Waals surface area contributed by atoms with Gasteiger partial charge in [0.15, 0.2) is 0 Å². The summed E-state index contributed by atoms with van der Waals surface area (Å²) >= 11 is 0. The summed E-state index contributed by atoms with van der Waals surface area (Å²) in [5, 5.41) is 6.02. The average molecular weight is 339 g/mol. The van der Waals surface area contributed by atoms with Gasteiger partial charge in [-0.25, -0.2) is 4.79 Å². The molecule has 2 aromatic carbocycles. The van der Waals surface area contributed by atoms with Crippen molar-refractivity contribution >= 4 is 11.7 Å². The van der Waals surface area contributed by atoms with Crippen LogP contribution in [0.15, 0.2) is 54.6 Å². The molecule has 25 heavy (non-hydrogen) atoms. The smallest absolute Gasteiger partial charge is 0.319 e. The van der Waals surface area contributed by atoms with Crippen LogP contribution < -0.4 is 10.6 Å². The molecule has 0 aromatic heterocycles. The Kier molecular flexibility index (Phi) is 6.04. The van der Waals surface area contributed by atoms with E-state index < -0.39 is 0 Å². The zero-order valence-corrected chi connectivity index (χ0v) is 14.6. The Hall–Kier alpha value is -2.37. The van der Waals surface area contributed by atoms with Crippen LogP contribution in [0.25, 0.3) is 0 Å². The second-order valence-electron chi connectivity index (χ2n) is 6.34. The molecule has 1 heterocycles. The highest BCUT2D eigenvalue weighted by atomic mass is 16.5. The van der Waals surface area contributed by atoms with Crippen LogP contribution in [0.1, 0.15) is 17.2 Å². The lowest BCUT2D eigenvalue weighted by Crippen LogP contribution is -2.44. The monoisotopic (exact) mass is 339 g/mol. The fourth-order valence-electron chi connectivity index (χ4n) is 2.92. The molecule has 2 N–H and O–H groups in total. The first-order chi connectivity index (χ1) is 12.2. The zero-order valence-electron chi connectivity index (χ0n) is 14.6. The molecule has 1 atom stereocenters. The molecule has 5 nitrogen and oxygen atoms in total. The molecule has 1 fully saturated rings. The lowest BCUT2D eigenvalue weighted by atomic mass is 10.1. The minimum Gasteiger partial charge on any atom is -0.379 e. The van der Waals surface area contributed by atoms with Crippen molar-refractivity contribution in [1.82, 2.24) is 10.2 Å². The lowest BCUT2D eigenvalue weighted by Gasteiger charge is -2.31. The molecule has 0 saturated carbocycles. The Morgan fingerprint density at radius 1 is 1.08 bits per heavy atom. The highest BCUT2D eigenvalue weighted by Gasteiger charge is 2.20. The number of amides is 2. The number of carbonyl (C=O) groups is 1. The van der Waals surface area contributed by atoms with Crippen LogP contribution in [0.2, 0.25) is 0 Å². The second-order valence-corrected chi connectivity index (χ2v) is 6.34. The van der Waals surface area contributed by atoms with E-state index in [1.807, 2.05) is 49.4 Å². The zero-order chi connectivity index (χ0) is 17.5. The predicted molar refractivity (Wildman–Crippen MR) is 99.8 cm³/mol. The van der Waals surface area contributed by atoms with E-state index >= 15 is 0 Å². The van der Waals surface area contributed by atoms with E-state index in [-0.39, 0.29) is 12.1 Å². The van der Waals surface area contributed by atoms with Gasteiger partial charge < -0.3 is 15.4 Å². The van der Waals surface area contributed by atoms with E-state index in [2.05, 4.69) is 27.7 Å². The molecular formula is C20H25N3O2. The van der Waals surface area contributed by atoms with E-state index in [0.717, 1.165) is 44.1 Å². The summed E-state index contributed by atoms with van der Waals surface area (Å²) in [4.78, 5) is 14.8. The second kappa shape index (κ2) is 8.65. The molecule has 0 unspecified atom stereocenters. The van der Waals surface area contributed by atoms with Crippen LogP contribution >= 0.6 is 0 Å². The number of aryl methyl sites for hydroxylation is 1. The van der Waals surface area contributed by atoms with Gasteiger partial charge in [-0.15, -0.1) is 0 Å². The maximum absolute atomic E-state index is 12.5. The molecule has 1 aliphatic heterocycles. The van der Waals surface area contributed by atoms with Crippen LogP contribution in [-0.4, -0.2) is 43.8 Å².